The lowest BCUT2D eigenvalue weighted by Crippen LogP contribution is -2.21. The zero-order valence-corrected chi connectivity index (χ0v) is 16.9. The smallest absolute Gasteiger partial charge is 0.304 e. The largest absolute Gasteiger partial charge is 0.478 e. The van der Waals surface area contributed by atoms with Gasteiger partial charge in [0.2, 0.25) is 11.7 Å². The van der Waals surface area contributed by atoms with Gasteiger partial charge in [0.1, 0.15) is 4.90 Å². The molecule has 3 rings (SSSR count). The third-order valence-electron chi connectivity index (χ3n) is 3.74. The van der Waals surface area contributed by atoms with E-state index in [9.17, 15) is 21.6 Å². The third kappa shape index (κ3) is 4.31. The van der Waals surface area contributed by atoms with Crippen molar-refractivity contribution in [3.05, 3.63) is 29.4 Å². The lowest BCUT2D eigenvalue weighted by atomic mass is 10.2. The van der Waals surface area contributed by atoms with Crippen molar-refractivity contribution in [2.24, 2.45) is 0 Å². The van der Waals surface area contributed by atoms with Crippen molar-refractivity contribution in [2.45, 2.75) is 17.7 Å². The number of sulfonamides is 1. The van der Waals surface area contributed by atoms with Gasteiger partial charge in [-0.3, -0.25) is 0 Å². The fraction of sp³-hybridized carbons (Fsp3) is 0.250. The molecule has 1 atom stereocenters. The molecule has 0 fully saturated rings. The predicted molar refractivity (Wildman–Crippen MR) is 101 cm³/mol. The van der Waals surface area contributed by atoms with E-state index >= 15 is 0 Å². The first kappa shape index (κ1) is 21.8. The second kappa shape index (κ2) is 8.44. The van der Waals surface area contributed by atoms with Gasteiger partial charge in [0.25, 0.3) is 28.1 Å². The maximum atomic E-state index is 13.3. The molecular formula is C16H14ClF3N4O5S. The van der Waals surface area contributed by atoms with Crippen molar-refractivity contribution in [3.8, 4) is 17.5 Å². The van der Waals surface area contributed by atoms with E-state index in [0.717, 1.165) is 14.2 Å². The molecule has 2 heterocycles. The van der Waals surface area contributed by atoms with Crippen LogP contribution in [0.1, 0.15) is 0 Å². The van der Waals surface area contributed by atoms with E-state index in [1.54, 1.807) is 6.07 Å². The zero-order valence-electron chi connectivity index (χ0n) is 15.3. The molecule has 30 heavy (non-hydrogen) atoms. The van der Waals surface area contributed by atoms with Gasteiger partial charge in [0, 0.05) is 22.1 Å². The van der Waals surface area contributed by atoms with Gasteiger partial charge in [-0.25, -0.2) is 21.9 Å². The molecule has 0 aliphatic rings. The Balaban J connectivity index is 1.99. The molecule has 0 aliphatic carbocycles. The van der Waals surface area contributed by atoms with Crippen LogP contribution >= 0.6 is 11.6 Å². The van der Waals surface area contributed by atoms with Gasteiger partial charge in [-0.05, 0) is 18.2 Å². The average molecular weight is 467 g/mol. The minimum absolute atomic E-state index is 0.127. The SMILES string of the molecule is COc1nc(NS(=O)(=O)c2c[nH]c3cc(Cl)ccc23)nc(OC)c1OC(F)C(F)F. The summed E-state index contributed by atoms with van der Waals surface area (Å²) in [5, 5.41) is 0.757. The second-order valence-corrected chi connectivity index (χ2v) is 7.73. The number of benzene rings is 1. The van der Waals surface area contributed by atoms with Crippen LogP contribution < -0.4 is 18.9 Å². The average Bonchev–Trinajstić information content (AvgIpc) is 3.12. The first-order valence-corrected chi connectivity index (χ1v) is 9.90. The van der Waals surface area contributed by atoms with Gasteiger partial charge in [-0.15, -0.1) is 0 Å². The number of methoxy groups -OCH3 is 2. The van der Waals surface area contributed by atoms with Crippen LogP contribution in [0.15, 0.2) is 29.3 Å². The van der Waals surface area contributed by atoms with E-state index in [0.29, 0.717) is 15.9 Å². The highest BCUT2D eigenvalue weighted by atomic mass is 35.5. The van der Waals surface area contributed by atoms with Crippen LogP contribution in [0.5, 0.6) is 17.5 Å². The molecule has 9 nitrogen and oxygen atoms in total. The number of nitrogens with zero attached hydrogens (tertiary/aromatic N) is 2. The van der Waals surface area contributed by atoms with Gasteiger partial charge >= 0.3 is 6.43 Å². The summed E-state index contributed by atoms with van der Waals surface area (Å²) >= 11 is 5.89. The van der Waals surface area contributed by atoms with Crippen molar-refractivity contribution in [2.75, 3.05) is 18.9 Å². The number of fused-ring (bicyclic) bond motifs is 1. The number of aromatic nitrogens is 3. The topological polar surface area (TPSA) is 115 Å². The number of aromatic amines is 1. The molecule has 0 bridgehead atoms. The molecule has 0 saturated heterocycles. The van der Waals surface area contributed by atoms with E-state index in [4.69, 9.17) is 21.1 Å². The number of rotatable bonds is 8. The number of hydrogen-bond donors (Lipinski definition) is 2. The molecule has 0 aliphatic heterocycles. The maximum absolute atomic E-state index is 13.3. The van der Waals surface area contributed by atoms with Crippen LogP contribution in [-0.2, 0) is 10.0 Å². The van der Waals surface area contributed by atoms with E-state index in [1.807, 2.05) is 0 Å². The molecule has 2 aromatic heterocycles. The van der Waals surface area contributed by atoms with Gasteiger partial charge in [0.15, 0.2) is 0 Å². The first-order chi connectivity index (χ1) is 14.2. The molecule has 3 aromatic rings. The minimum atomic E-state index is -4.20. The molecule has 0 amide bonds. The Morgan fingerprint density at radius 2 is 1.77 bits per heavy atom. The monoisotopic (exact) mass is 466 g/mol. The van der Waals surface area contributed by atoms with Crippen LogP contribution in [0, 0.1) is 0 Å². The van der Waals surface area contributed by atoms with Crippen LogP contribution in [0.2, 0.25) is 5.02 Å². The van der Waals surface area contributed by atoms with Crippen LogP contribution in [0.25, 0.3) is 10.9 Å². The van der Waals surface area contributed by atoms with Crippen molar-refractivity contribution >= 4 is 38.5 Å². The van der Waals surface area contributed by atoms with Gasteiger partial charge in [-0.2, -0.15) is 14.4 Å². The molecule has 1 unspecified atom stereocenters. The number of H-pyrrole nitrogens is 1. The summed E-state index contributed by atoms with van der Waals surface area (Å²) in [5.41, 5.74) is 0.476. The minimum Gasteiger partial charge on any atom is -0.478 e. The molecule has 0 spiro atoms. The summed E-state index contributed by atoms with van der Waals surface area (Å²) < 4.78 is 80.2. The summed E-state index contributed by atoms with van der Waals surface area (Å²) in [4.78, 5) is 10.1. The van der Waals surface area contributed by atoms with Gasteiger partial charge < -0.3 is 19.2 Å². The summed E-state index contributed by atoms with van der Waals surface area (Å²) in [6, 6.07) is 4.57. The molecule has 0 radical (unpaired) electrons. The Hall–Kier alpha value is -2.93. The highest BCUT2D eigenvalue weighted by Crippen LogP contribution is 2.37. The van der Waals surface area contributed by atoms with Gasteiger partial charge in [0.05, 0.1) is 14.2 Å². The van der Waals surface area contributed by atoms with Crippen LogP contribution in [-0.4, -0.2) is 50.4 Å². The molecule has 2 N–H and O–H groups in total. The highest BCUT2D eigenvalue weighted by molar-refractivity contribution is 7.93. The van der Waals surface area contributed by atoms with E-state index in [-0.39, 0.29) is 4.90 Å². The number of hydrogen-bond acceptors (Lipinski definition) is 7. The van der Waals surface area contributed by atoms with Crippen molar-refractivity contribution in [1.82, 2.24) is 15.0 Å². The maximum Gasteiger partial charge on any atom is 0.304 e. The Morgan fingerprint density at radius 3 is 2.33 bits per heavy atom. The number of anilines is 1. The van der Waals surface area contributed by atoms with Crippen LogP contribution in [0.3, 0.4) is 0 Å². The Labute approximate surface area is 173 Å². The summed E-state index contributed by atoms with van der Waals surface area (Å²) in [5.74, 6) is -2.22. The number of alkyl halides is 3. The number of nitrogens with one attached hydrogen (secondary N) is 2. The summed E-state index contributed by atoms with van der Waals surface area (Å²) in [6.07, 6.45) is -5.21. The number of halogens is 4. The molecule has 1 aromatic carbocycles. The normalized spacial score (nSPS) is 12.8. The van der Waals surface area contributed by atoms with E-state index in [2.05, 4.69) is 24.4 Å². The molecule has 14 heteroatoms. The molecular weight excluding hydrogens is 453 g/mol. The van der Waals surface area contributed by atoms with Gasteiger partial charge in [-0.1, -0.05) is 11.6 Å². The lowest BCUT2D eigenvalue weighted by Gasteiger charge is -2.16. The number of ether oxygens (including phenoxy) is 3. The lowest BCUT2D eigenvalue weighted by molar-refractivity contribution is -0.0692. The van der Waals surface area contributed by atoms with Crippen molar-refractivity contribution < 1.29 is 35.8 Å². The van der Waals surface area contributed by atoms with E-state index < -0.39 is 46.3 Å². The third-order valence-corrected chi connectivity index (χ3v) is 5.34. The first-order valence-electron chi connectivity index (χ1n) is 8.04. The standard InChI is InChI=1S/C16H14ClF3N4O5S/c1-27-14-11(29-13(20)12(18)19)15(28-2)23-16(22-14)24-30(25,26)10-6-21-9-5-7(17)3-4-8(9)10/h3-6,12-13,21H,1-2H3,(H,22,23,24). The fourth-order valence-corrected chi connectivity index (χ4v) is 3.76. The van der Waals surface area contributed by atoms with Crippen molar-refractivity contribution in [1.29, 1.82) is 0 Å². The highest BCUT2D eigenvalue weighted by Gasteiger charge is 2.28. The summed E-state index contributed by atoms with van der Waals surface area (Å²) in [7, 11) is -2.03. The Morgan fingerprint density at radius 1 is 1.13 bits per heavy atom. The van der Waals surface area contributed by atoms with E-state index in [1.165, 1.54) is 18.3 Å². The van der Waals surface area contributed by atoms with Crippen molar-refractivity contribution in [3.63, 3.8) is 0 Å². The quantitative estimate of drug-likeness (QED) is 0.523. The Kier molecular flexibility index (Phi) is 6.12. The van der Waals surface area contributed by atoms with Crippen LogP contribution in [0.4, 0.5) is 19.1 Å². The fourth-order valence-electron chi connectivity index (χ4n) is 2.47. The zero-order chi connectivity index (χ0) is 22.1. The second-order valence-electron chi connectivity index (χ2n) is 5.65. The summed E-state index contributed by atoms with van der Waals surface area (Å²) in [6.45, 7) is 0. The molecule has 162 valence electrons. The predicted octanol–water partition coefficient (Wildman–Crippen LogP) is 3.37. The molecule has 0 saturated carbocycles. The Bertz CT molecular complexity index is 1150.